The van der Waals surface area contributed by atoms with E-state index in [0.717, 1.165) is 0 Å². The monoisotopic (exact) mass is 338 g/mol. The van der Waals surface area contributed by atoms with E-state index in [1.807, 2.05) is 0 Å². The lowest BCUT2D eigenvalue weighted by molar-refractivity contribution is -0.159. The number of hydrogen-bond acceptors (Lipinski definition) is 3. The van der Waals surface area contributed by atoms with Gasteiger partial charge in [0.1, 0.15) is 0 Å². The first kappa shape index (κ1) is 17.3. The van der Waals surface area contributed by atoms with Crippen molar-refractivity contribution < 1.29 is 27.5 Å². The summed E-state index contributed by atoms with van der Waals surface area (Å²) in [5.41, 5.74) is 1.01. The maximum Gasteiger partial charge on any atom is 0.422 e. The third-order valence-corrected chi connectivity index (χ3v) is 2.77. The molecular weight excluding hydrogens is 325 g/mol. The van der Waals surface area contributed by atoms with Crippen LogP contribution in [0.5, 0.6) is 0 Å². The lowest BCUT2D eigenvalue weighted by Gasteiger charge is -2.10. The fourth-order valence-corrected chi connectivity index (χ4v) is 1.77. The fraction of sp³-hybridized carbons (Fsp3) is 0.125. The maximum atomic E-state index is 12.0. The SMILES string of the molecule is O=C(Nc1cccc(NC(=O)c2ccccc2)c1)OCC(F)(F)F. The van der Waals surface area contributed by atoms with Gasteiger partial charge in [0, 0.05) is 16.9 Å². The number of carbonyl (C=O) groups is 2. The van der Waals surface area contributed by atoms with Crippen molar-refractivity contribution in [1.29, 1.82) is 0 Å². The summed E-state index contributed by atoms with van der Waals surface area (Å²) >= 11 is 0. The van der Waals surface area contributed by atoms with Gasteiger partial charge in [-0.15, -0.1) is 0 Å². The number of ether oxygens (including phenoxy) is 1. The lowest BCUT2D eigenvalue weighted by Crippen LogP contribution is -2.23. The predicted molar refractivity (Wildman–Crippen MR) is 81.9 cm³/mol. The number of halogens is 3. The molecule has 0 heterocycles. The Balaban J connectivity index is 1.96. The van der Waals surface area contributed by atoms with Gasteiger partial charge in [-0.25, -0.2) is 4.79 Å². The molecule has 2 amide bonds. The van der Waals surface area contributed by atoms with E-state index in [2.05, 4.69) is 15.4 Å². The van der Waals surface area contributed by atoms with Crippen molar-refractivity contribution in [3.8, 4) is 0 Å². The fourth-order valence-electron chi connectivity index (χ4n) is 1.77. The van der Waals surface area contributed by atoms with E-state index in [4.69, 9.17) is 0 Å². The molecule has 0 atom stereocenters. The smallest absolute Gasteiger partial charge is 0.422 e. The Kier molecular flexibility index (Phi) is 5.41. The van der Waals surface area contributed by atoms with Gasteiger partial charge in [-0.2, -0.15) is 13.2 Å². The molecule has 0 aromatic heterocycles. The molecule has 0 bridgehead atoms. The Morgan fingerprint density at radius 2 is 1.54 bits per heavy atom. The quantitative estimate of drug-likeness (QED) is 0.884. The zero-order valence-corrected chi connectivity index (χ0v) is 12.3. The number of benzene rings is 2. The molecule has 2 N–H and O–H groups in total. The van der Waals surface area contributed by atoms with Crippen LogP contribution >= 0.6 is 0 Å². The minimum Gasteiger partial charge on any atom is -0.440 e. The molecule has 0 saturated heterocycles. The van der Waals surface area contributed by atoms with Crippen molar-refractivity contribution in [1.82, 2.24) is 0 Å². The second-order valence-corrected chi connectivity index (χ2v) is 4.72. The van der Waals surface area contributed by atoms with Crippen LogP contribution in [0.1, 0.15) is 10.4 Å². The average molecular weight is 338 g/mol. The zero-order valence-electron chi connectivity index (χ0n) is 12.3. The number of nitrogens with one attached hydrogen (secondary N) is 2. The highest BCUT2D eigenvalue weighted by molar-refractivity contribution is 6.04. The number of rotatable bonds is 4. The van der Waals surface area contributed by atoms with E-state index >= 15 is 0 Å². The van der Waals surface area contributed by atoms with Gasteiger partial charge in [-0.1, -0.05) is 24.3 Å². The van der Waals surface area contributed by atoms with E-state index in [1.54, 1.807) is 36.4 Å². The summed E-state index contributed by atoms with van der Waals surface area (Å²) in [5.74, 6) is -0.354. The average Bonchev–Trinajstić information content (AvgIpc) is 2.53. The molecule has 0 spiro atoms. The van der Waals surface area contributed by atoms with E-state index in [9.17, 15) is 22.8 Å². The van der Waals surface area contributed by atoms with Gasteiger partial charge in [0.25, 0.3) is 5.91 Å². The highest BCUT2D eigenvalue weighted by atomic mass is 19.4. The number of hydrogen-bond donors (Lipinski definition) is 2. The van der Waals surface area contributed by atoms with E-state index in [-0.39, 0.29) is 11.6 Å². The molecule has 5 nitrogen and oxygen atoms in total. The van der Waals surface area contributed by atoms with Gasteiger partial charge in [0.05, 0.1) is 0 Å². The lowest BCUT2D eigenvalue weighted by atomic mass is 10.2. The van der Waals surface area contributed by atoms with Crippen molar-refractivity contribution in [2.24, 2.45) is 0 Å². The Labute approximate surface area is 135 Å². The van der Waals surface area contributed by atoms with Crippen molar-refractivity contribution in [2.45, 2.75) is 6.18 Å². The minimum absolute atomic E-state index is 0.188. The molecule has 0 aliphatic heterocycles. The molecule has 0 radical (unpaired) electrons. The number of carbonyl (C=O) groups excluding carboxylic acids is 2. The second-order valence-electron chi connectivity index (χ2n) is 4.72. The summed E-state index contributed by atoms with van der Waals surface area (Å²) in [5, 5.41) is 4.77. The number of anilines is 2. The van der Waals surface area contributed by atoms with Crippen LogP contribution in [0.4, 0.5) is 29.3 Å². The predicted octanol–water partition coefficient (Wildman–Crippen LogP) is 4.05. The zero-order chi connectivity index (χ0) is 17.6. The maximum absolute atomic E-state index is 12.0. The molecule has 0 unspecified atom stereocenters. The number of alkyl halides is 3. The van der Waals surface area contributed by atoms with E-state index in [0.29, 0.717) is 11.3 Å². The summed E-state index contributed by atoms with van der Waals surface area (Å²) in [6, 6.07) is 14.4. The molecule has 2 aromatic carbocycles. The highest BCUT2D eigenvalue weighted by Gasteiger charge is 2.29. The molecule has 2 aromatic rings. The standard InChI is InChI=1S/C16H13F3N2O3/c17-16(18,19)10-24-15(23)21-13-8-4-7-12(9-13)20-14(22)11-5-2-1-3-6-11/h1-9H,10H2,(H,20,22)(H,21,23). The molecule has 0 aliphatic rings. The van der Waals surface area contributed by atoms with Crippen molar-refractivity contribution in [2.75, 3.05) is 17.2 Å². The molecular formula is C16H13F3N2O3. The molecule has 126 valence electrons. The van der Waals surface area contributed by atoms with E-state index < -0.39 is 18.9 Å². The van der Waals surface area contributed by atoms with Crippen molar-refractivity contribution >= 4 is 23.4 Å². The first-order valence-electron chi connectivity index (χ1n) is 6.80. The second kappa shape index (κ2) is 7.49. The van der Waals surface area contributed by atoms with Crippen LogP contribution in [-0.4, -0.2) is 24.8 Å². The van der Waals surface area contributed by atoms with E-state index in [1.165, 1.54) is 18.2 Å². The van der Waals surface area contributed by atoms with Gasteiger partial charge in [0.2, 0.25) is 0 Å². The first-order valence-corrected chi connectivity index (χ1v) is 6.80. The van der Waals surface area contributed by atoms with Crippen molar-refractivity contribution in [3.05, 3.63) is 60.2 Å². The van der Waals surface area contributed by atoms with Crippen molar-refractivity contribution in [3.63, 3.8) is 0 Å². The first-order chi connectivity index (χ1) is 11.3. The van der Waals surface area contributed by atoms with Gasteiger partial charge >= 0.3 is 12.3 Å². The third-order valence-electron chi connectivity index (χ3n) is 2.77. The topological polar surface area (TPSA) is 67.4 Å². The largest absolute Gasteiger partial charge is 0.440 e. The molecule has 2 rings (SSSR count). The Bertz CT molecular complexity index is 718. The van der Waals surface area contributed by atoms with Gasteiger partial charge in [0.15, 0.2) is 6.61 Å². The Hall–Kier alpha value is -3.03. The Morgan fingerprint density at radius 1 is 0.917 bits per heavy atom. The summed E-state index contributed by atoms with van der Waals surface area (Å²) in [6.45, 7) is -1.68. The molecule has 0 saturated carbocycles. The van der Waals surface area contributed by atoms with Crippen LogP contribution in [-0.2, 0) is 4.74 Å². The summed E-state index contributed by atoms with van der Waals surface area (Å²) in [4.78, 5) is 23.3. The molecule has 8 heteroatoms. The third kappa shape index (κ3) is 5.64. The Morgan fingerprint density at radius 3 is 2.17 bits per heavy atom. The highest BCUT2D eigenvalue weighted by Crippen LogP contribution is 2.18. The van der Waals surface area contributed by atoms with Crippen LogP contribution in [0.3, 0.4) is 0 Å². The summed E-state index contributed by atoms with van der Waals surface area (Å²) in [7, 11) is 0. The van der Waals surface area contributed by atoms with Gasteiger partial charge < -0.3 is 10.1 Å². The number of amides is 2. The molecule has 0 fully saturated rings. The minimum atomic E-state index is -4.59. The van der Waals surface area contributed by atoms with Crippen LogP contribution < -0.4 is 10.6 Å². The normalized spacial score (nSPS) is 10.8. The van der Waals surface area contributed by atoms with Gasteiger partial charge in [-0.3, -0.25) is 10.1 Å². The van der Waals surface area contributed by atoms with Crippen LogP contribution in [0.2, 0.25) is 0 Å². The van der Waals surface area contributed by atoms with Gasteiger partial charge in [-0.05, 0) is 30.3 Å². The summed E-state index contributed by atoms with van der Waals surface area (Å²) < 4.78 is 40.0. The molecule has 24 heavy (non-hydrogen) atoms. The van der Waals surface area contributed by atoms with Crippen LogP contribution in [0.25, 0.3) is 0 Å². The van der Waals surface area contributed by atoms with Crippen LogP contribution in [0.15, 0.2) is 54.6 Å². The van der Waals surface area contributed by atoms with Crippen LogP contribution in [0, 0.1) is 0 Å². The molecule has 0 aliphatic carbocycles. The summed E-state index contributed by atoms with van der Waals surface area (Å²) in [6.07, 6.45) is -5.83.